The summed E-state index contributed by atoms with van der Waals surface area (Å²) in [4.78, 5) is 16.7. The van der Waals surface area contributed by atoms with E-state index in [0.717, 1.165) is 25.0 Å². The number of nitrogens with one attached hydrogen (secondary N) is 1. The third kappa shape index (κ3) is 4.61. The Bertz CT molecular complexity index is 702. The Hall–Kier alpha value is -1.51. The SMILES string of the molecule is CC1CCN(S(=O)(=O)N2CCCC(C(=O)NCc3ccccn3)C2)CC1. The zero-order chi connectivity index (χ0) is 18.6. The summed E-state index contributed by atoms with van der Waals surface area (Å²) in [6.45, 7) is 4.45. The van der Waals surface area contributed by atoms with Crippen molar-refractivity contribution in [3.05, 3.63) is 30.1 Å². The highest BCUT2D eigenvalue weighted by Gasteiger charge is 2.36. The van der Waals surface area contributed by atoms with Crippen molar-refractivity contribution < 1.29 is 13.2 Å². The average Bonchev–Trinajstić information content (AvgIpc) is 2.67. The van der Waals surface area contributed by atoms with Crippen molar-refractivity contribution >= 4 is 16.1 Å². The van der Waals surface area contributed by atoms with Crippen molar-refractivity contribution in [2.45, 2.75) is 39.2 Å². The summed E-state index contributed by atoms with van der Waals surface area (Å²) in [6, 6.07) is 5.56. The number of hydrogen-bond acceptors (Lipinski definition) is 4. The molecule has 1 atom stereocenters. The van der Waals surface area contributed by atoms with Crippen molar-refractivity contribution in [2.24, 2.45) is 11.8 Å². The van der Waals surface area contributed by atoms with Crippen LogP contribution in [0.3, 0.4) is 0 Å². The molecule has 1 aromatic rings. The second kappa shape index (κ2) is 8.45. The number of hydrogen-bond donors (Lipinski definition) is 1. The molecule has 7 nitrogen and oxygen atoms in total. The first-order valence-corrected chi connectivity index (χ1v) is 10.8. The molecule has 2 aliphatic heterocycles. The van der Waals surface area contributed by atoms with Crippen LogP contribution in [0.5, 0.6) is 0 Å². The minimum Gasteiger partial charge on any atom is -0.350 e. The van der Waals surface area contributed by atoms with E-state index < -0.39 is 10.2 Å². The molecule has 144 valence electrons. The highest BCUT2D eigenvalue weighted by molar-refractivity contribution is 7.86. The van der Waals surface area contributed by atoms with Crippen molar-refractivity contribution in [1.82, 2.24) is 18.9 Å². The maximum atomic E-state index is 12.9. The lowest BCUT2D eigenvalue weighted by Crippen LogP contribution is -2.52. The summed E-state index contributed by atoms with van der Waals surface area (Å²) >= 11 is 0. The van der Waals surface area contributed by atoms with Gasteiger partial charge in [-0.3, -0.25) is 9.78 Å². The fourth-order valence-corrected chi connectivity index (χ4v) is 5.30. The molecule has 0 radical (unpaired) electrons. The quantitative estimate of drug-likeness (QED) is 0.837. The minimum absolute atomic E-state index is 0.0946. The van der Waals surface area contributed by atoms with E-state index in [1.807, 2.05) is 18.2 Å². The van der Waals surface area contributed by atoms with Gasteiger partial charge in [-0.2, -0.15) is 17.0 Å². The van der Waals surface area contributed by atoms with Gasteiger partial charge in [0.1, 0.15) is 0 Å². The van der Waals surface area contributed by atoms with Gasteiger partial charge in [-0.25, -0.2) is 0 Å². The number of aromatic nitrogens is 1. The number of carbonyl (C=O) groups excluding carboxylic acids is 1. The van der Waals surface area contributed by atoms with Crippen molar-refractivity contribution in [3.63, 3.8) is 0 Å². The first kappa shape index (κ1) is 19.3. The predicted molar refractivity (Wildman–Crippen MR) is 99.3 cm³/mol. The van der Waals surface area contributed by atoms with Crippen LogP contribution in [-0.2, 0) is 21.5 Å². The van der Waals surface area contributed by atoms with Crippen LogP contribution in [0.25, 0.3) is 0 Å². The lowest BCUT2D eigenvalue weighted by Gasteiger charge is -2.37. The van der Waals surface area contributed by atoms with Gasteiger partial charge in [0.2, 0.25) is 5.91 Å². The molecular formula is C18H28N4O3S. The minimum atomic E-state index is -3.47. The molecule has 1 unspecified atom stereocenters. The maximum absolute atomic E-state index is 12.9. The van der Waals surface area contributed by atoms with Gasteiger partial charge < -0.3 is 5.32 Å². The smallest absolute Gasteiger partial charge is 0.281 e. The van der Waals surface area contributed by atoms with E-state index in [9.17, 15) is 13.2 Å². The second-order valence-corrected chi connectivity index (χ2v) is 9.25. The molecule has 1 N–H and O–H groups in total. The van der Waals surface area contributed by atoms with Crippen LogP contribution in [0, 0.1) is 11.8 Å². The summed E-state index contributed by atoms with van der Waals surface area (Å²) in [5.41, 5.74) is 0.795. The van der Waals surface area contributed by atoms with Crippen LogP contribution >= 0.6 is 0 Å². The Labute approximate surface area is 156 Å². The molecule has 1 aromatic heterocycles. The van der Waals surface area contributed by atoms with Gasteiger partial charge in [0.25, 0.3) is 10.2 Å². The van der Waals surface area contributed by atoms with Gasteiger partial charge in [0.15, 0.2) is 0 Å². The zero-order valence-corrected chi connectivity index (χ0v) is 16.1. The first-order valence-electron chi connectivity index (χ1n) is 9.39. The number of pyridine rings is 1. The summed E-state index contributed by atoms with van der Waals surface area (Å²) in [7, 11) is -3.47. The van der Waals surface area contributed by atoms with E-state index in [1.54, 1.807) is 10.5 Å². The summed E-state index contributed by atoms with van der Waals surface area (Å²) in [6.07, 6.45) is 4.93. The second-order valence-electron chi connectivity index (χ2n) is 7.33. The van der Waals surface area contributed by atoms with Gasteiger partial charge in [-0.05, 0) is 43.7 Å². The normalized spacial score (nSPS) is 23.7. The molecule has 0 spiro atoms. The van der Waals surface area contributed by atoms with E-state index in [4.69, 9.17) is 0 Å². The Morgan fingerprint density at radius 3 is 2.65 bits per heavy atom. The maximum Gasteiger partial charge on any atom is 0.281 e. The van der Waals surface area contributed by atoms with Gasteiger partial charge in [0, 0.05) is 32.4 Å². The van der Waals surface area contributed by atoms with Gasteiger partial charge >= 0.3 is 0 Å². The van der Waals surface area contributed by atoms with Gasteiger partial charge in [-0.15, -0.1) is 0 Å². The third-order valence-electron chi connectivity index (χ3n) is 5.32. The molecule has 3 heterocycles. The Balaban J connectivity index is 1.57. The first-order chi connectivity index (χ1) is 12.5. The molecular weight excluding hydrogens is 352 g/mol. The number of rotatable bonds is 5. The molecule has 2 saturated heterocycles. The van der Waals surface area contributed by atoms with Gasteiger partial charge in [0.05, 0.1) is 18.2 Å². The third-order valence-corrected chi connectivity index (χ3v) is 7.32. The van der Waals surface area contributed by atoms with E-state index >= 15 is 0 Å². The lowest BCUT2D eigenvalue weighted by molar-refractivity contribution is -0.126. The highest BCUT2D eigenvalue weighted by Crippen LogP contribution is 2.25. The molecule has 0 aromatic carbocycles. The van der Waals surface area contributed by atoms with Crippen molar-refractivity contribution in [1.29, 1.82) is 0 Å². The topological polar surface area (TPSA) is 82.6 Å². The van der Waals surface area contributed by atoms with Crippen LogP contribution in [0.15, 0.2) is 24.4 Å². The molecule has 0 saturated carbocycles. The Morgan fingerprint density at radius 1 is 1.19 bits per heavy atom. The van der Waals surface area contributed by atoms with E-state index in [-0.39, 0.29) is 18.4 Å². The Morgan fingerprint density at radius 2 is 1.96 bits per heavy atom. The fraction of sp³-hybridized carbons (Fsp3) is 0.667. The number of amides is 1. The summed E-state index contributed by atoms with van der Waals surface area (Å²) in [5, 5.41) is 2.89. The number of carbonyl (C=O) groups is 1. The predicted octanol–water partition coefficient (Wildman–Crippen LogP) is 1.39. The average molecular weight is 381 g/mol. The molecule has 1 amide bonds. The van der Waals surface area contributed by atoms with Crippen molar-refractivity contribution in [2.75, 3.05) is 26.2 Å². The van der Waals surface area contributed by atoms with Crippen LogP contribution in [0.2, 0.25) is 0 Å². The van der Waals surface area contributed by atoms with E-state index in [1.165, 1.54) is 4.31 Å². The highest BCUT2D eigenvalue weighted by atomic mass is 32.2. The van der Waals surface area contributed by atoms with Crippen molar-refractivity contribution in [3.8, 4) is 0 Å². The lowest BCUT2D eigenvalue weighted by atomic mass is 9.99. The number of piperidine rings is 2. The molecule has 2 fully saturated rings. The monoisotopic (exact) mass is 380 g/mol. The molecule has 0 aliphatic carbocycles. The van der Waals surface area contributed by atoms with Crippen LogP contribution in [0.4, 0.5) is 0 Å². The zero-order valence-electron chi connectivity index (χ0n) is 15.3. The van der Waals surface area contributed by atoms with E-state index in [0.29, 0.717) is 38.5 Å². The number of nitrogens with zero attached hydrogens (tertiary/aromatic N) is 3. The standard InChI is InChI=1S/C18H28N4O3S/c1-15-7-11-21(12-8-15)26(24,25)22-10-4-5-16(14-22)18(23)20-13-17-6-2-3-9-19-17/h2-3,6,9,15-16H,4-5,7-8,10-14H2,1H3,(H,20,23). The van der Waals surface area contributed by atoms with Crippen LogP contribution < -0.4 is 5.32 Å². The molecule has 3 rings (SSSR count). The fourth-order valence-electron chi connectivity index (χ4n) is 3.57. The van der Waals surface area contributed by atoms with E-state index in [2.05, 4.69) is 17.2 Å². The van der Waals surface area contributed by atoms with Crippen LogP contribution in [-0.4, -0.2) is 54.1 Å². The van der Waals surface area contributed by atoms with Gasteiger partial charge in [-0.1, -0.05) is 13.0 Å². The molecule has 26 heavy (non-hydrogen) atoms. The molecule has 2 aliphatic rings. The summed E-state index contributed by atoms with van der Waals surface area (Å²) < 4.78 is 28.9. The molecule has 8 heteroatoms. The summed E-state index contributed by atoms with van der Waals surface area (Å²) in [5.74, 6) is 0.182. The van der Waals surface area contributed by atoms with Crippen LogP contribution in [0.1, 0.15) is 38.3 Å². The largest absolute Gasteiger partial charge is 0.350 e. The molecule has 0 bridgehead atoms. The Kier molecular flexibility index (Phi) is 6.26.